The second-order valence-electron chi connectivity index (χ2n) is 3.78. The van der Waals surface area contributed by atoms with Gasteiger partial charge in [0.15, 0.2) is 0 Å². The quantitative estimate of drug-likeness (QED) is 0.598. The summed E-state index contributed by atoms with van der Waals surface area (Å²) in [6.07, 6.45) is 1.25. The van der Waals surface area contributed by atoms with Crippen molar-refractivity contribution in [3.8, 4) is 11.5 Å². The summed E-state index contributed by atoms with van der Waals surface area (Å²) in [6, 6.07) is 3.05. The SMILES string of the molecule is CC.CCC.Nc1cc(OCCO)c(N)cc1OCCO. The smallest absolute Gasteiger partial charge is 0.144 e. The van der Waals surface area contributed by atoms with E-state index in [9.17, 15) is 0 Å². The molecule has 0 fully saturated rings. The Kier molecular flexibility index (Phi) is 15.2. The Hall–Kier alpha value is -1.66. The highest BCUT2D eigenvalue weighted by molar-refractivity contribution is 5.67. The molecule has 0 aromatic heterocycles. The molecule has 0 bridgehead atoms. The maximum atomic E-state index is 8.61. The number of benzene rings is 1. The van der Waals surface area contributed by atoms with Crippen LogP contribution in [-0.4, -0.2) is 36.6 Å². The highest BCUT2D eigenvalue weighted by Gasteiger charge is 2.07. The molecule has 0 heterocycles. The molecule has 0 saturated heterocycles. The number of nitrogen functional groups attached to an aromatic ring is 2. The van der Waals surface area contributed by atoms with Gasteiger partial charge in [-0.1, -0.05) is 34.1 Å². The Morgan fingerprint density at radius 1 is 0.857 bits per heavy atom. The molecule has 6 heteroatoms. The second-order valence-corrected chi connectivity index (χ2v) is 3.78. The van der Waals surface area contributed by atoms with Crippen LogP contribution in [0.2, 0.25) is 0 Å². The molecule has 0 aliphatic rings. The standard InChI is InChI=1S/C10H16N2O4.C3H8.C2H6/c11-7-6-10(16-4-2-14)8(12)5-9(7)15-3-1-13;1-3-2;1-2/h5-6,13-14H,1-4,11-12H2;3H2,1-2H3;1-2H3. The fraction of sp³-hybridized carbons (Fsp3) is 0.600. The van der Waals surface area contributed by atoms with E-state index in [1.54, 1.807) is 0 Å². The van der Waals surface area contributed by atoms with Crippen molar-refractivity contribution in [2.45, 2.75) is 34.1 Å². The average molecular weight is 302 g/mol. The highest BCUT2D eigenvalue weighted by Crippen LogP contribution is 2.32. The van der Waals surface area contributed by atoms with E-state index >= 15 is 0 Å². The summed E-state index contributed by atoms with van der Waals surface area (Å²) in [5, 5.41) is 17.2. The number of ether oxygens (including phenoxy) is 2. The van der Waals surface area contributed by atoms with Gasteiger partial charge in [0.2, 0.25) is 0 Å². The molecular formula is C15H30N2O4. The van der Waals surface area contributed by atoms with Crippen LogP contribution in [0.4, 0.5) is 11.4 Å². The predicted molar refractivity (Wildman–Crippen MR) is 87.7 cm³/mol. The van der Waals surface area contributed by atoms with E-state index in [0.717, 1.165) is 0 Å². The van der Waals surface area contributed by atoms with E-state index in [2.05, 4.69) is 13.8 Å². The van der Waals surface area contributed by atoms with Gasteiger partial charge in [-0.2, -0.15) is 0 Å². The van der Waals surface area contributed by atoms with Crippen LogP contribution in [0.1, 0.15) is 34.1 Å². The lowest BCUT2D eigenvalue weighted by Crippen LogP contribution is -2.07. The molecule has 0 atom stereocenters. The number of aliphatic hydroxyl groups excluding tert-OH is 2. The zero-order valence-corrected chi connectivity index (χ0v) is 13.6. The van der Waals surface area contributed by atoms with Crippen LogP contribution >= 0.6 is 0 Å². The summed E-state index contributed by atoms with van der Waals surface area (Å²) in [7, 11) is 0. The third-order valence-corrected chi connectivity index (χ3v) is 1.84. The van der Waals surface area contributed by atoms with E-state index in [-0.39, 0.29) is 26.4 Å². The predicted octanol–water partition coefficient (Wildman–Crippen LogP) is 2.04. The normalized spacial score (nSPS) is 8.86. The molecule has 0 saturated carbocycles. The number of aliphatic hydroxyl groups is 2. The Labute approximate surface area is 127 Å². The van der Waals surface area contributed by atoms with Crippen LogP contribution in [0.25, 0.3) is 0 Å². The zero-order chi connectivity index (χ0) is 16.7. The Morgan fingerprint density at radius 2 is 1.14 bits per heavy atom. The Bertz CT molecular complexity index is 326. The minimum atomic E-state index is -0.0951. The number of hydrogen-bond acceptors (Lipinski definition) is 6. The van der Waals surface area contributed by atoms with Gasteiger partial charge in [-0.15, -0.1) is 0 Å². The molecule has 6 N–H and O–H groups in total. The van der Waals surface area contributed by atoms with E-state index < -0.39 is 0 Å². The van der Waals surface area contributed by atoms with Crippen molar-refractivity contribution < 1.29 is 19.7 Å². The lowest BCUT2D eigenvalue weighted by atomic mass is 10.2. The summed E-state index contributed by atoms with van der Waals surface area (Å²) >= 11 is 0. The van der Waals surface area contributed by atoms with E-state index in [1.807, 2.05) is 13.8 Å². The van der Waals surface area contributed by atoms with Crippen LogP contribution < -0.4 is 20.9 Å². The van der Waals surface area contributed by atoms with E-state index in [4.69, 9.17) is 31.2 Å². The minimum Gasteiger partial charge on any atom is -0.489 e. The molecule has 0 aliphatic heterocycles. The van der Waals surface area contributed by atoms with Gasteiger partial charge >= 0.3 is 0 Å². The molecule has 6 nitrogen and oxygen atoms in total. The monoisotopic (exact) mass is 302 g/mol. The van der Waals surface area contributed by atoms with Gasteiger partial charge in [0.25, 0.3) is 0 Å². The number of hydrogen-bond donors (Lipinski definition) is 4. The van der Waals surface area contributed by atoms with Gasteiger partial charge in [0.05, 0.1) is 24.6 Å². The lowest BCUT2D eigenvalue weighted by molar-refractivity contribution is 0.199. The molecule has 124 valence electrons. The van der Waals surface area contributed by atoms with Gasteiger partial charge < -0.3 is 31.2 Å². The van der Waals surface area contributed by atoms with Crippen molar-refractivity contribution >= 4 is 11.4 Å². The molecule has 1 rings (SSSR count). The van der Waals surface area contributed by atoms with Crippen LogP contribution in [0.15, 0.2) is 12.1 Å². The van der Waals surface area contributed by atoms with Crippen molar-refractivity contribution in [3.63, 3.8) is 0 Å². The van der Waals surface area contributed by atoms with E-state index in [1.165, 1.54) is 18.6 Å². The van der Waals surface area contributed by atoms with Crippen molar-refractivity contribution in [2.24, 2.45) is 0 Å². The van der Waals surface area contributed by atoms with Crippen LogP contribution in [0.3, 0.4) is 0 Å². The van der Waals surface area contributed by atoms with Gasteiger partial charge in [-0.05, 0) is 0 Å². The van der Waals surface area contributed by atoms with Crippen LogP contribution in [0.5, 0.6) is 11.5 Å². The van der Waals surface area contributed by atoms with Crippen LogP contribution in [0, 0.1) is 0 Å². The number of rotatable bonds is 6. The van der Waals surface area contributed by atoms with Gasteiger partial charge in [0.1, 0.15) is 24.7 Å². The summed E-state index contributed by atoms with van der Waals surface area (Å²) in [5.41, 5.74) is 12.1. The first-order valence-electron chi connectivity index (χ1n) is 7.26. The van der Waals surface area contributed by atoms with Crippen molar-refractivity contribution in [1.29, 1.82) is 0 Å². The molecule has 0 radical (unpaired) electrons. The molecule has 0 amide bonds. The second kappa shape index (κ2) is 14.7. The van der Waals surface area contributed by atoms with E-state index in [0.29, 0.717) is 22.9 Å². The molecule has 1 aromatic rings. The molecule has 0 unspecified atom stereocenters. The zero-order valence-electron chi connectivity index (χ0n) is 13.6. The molecule has 0 spiro atoms. The third kappa shape index (κ3) is 9.81. The lowest BCUT2D eigenvalue weighted by Gasteiger charge is -2.12. The summed E-state index contributed by atoms with van der Waals surface area (Å²) in [5.74, 6) is 0.811. The number of anilines is 2. The summed E-state index contributed by atoms with van der Waals surface area (Å²) < 4.78 is 10.3. The largest absolute Gasteiger partial charge is 0.489 e. The van der Waals surface area contributed by atoms with Crippen molar-refractivity contribution in [2.75, 3.05) is 37.9 Å². The average Bonchev–Trinajstić information content (AvgIpc) is 2.49. The summed E-state index contributed by atoms with van der Waals surface area (Å²) in [6.45, 7) is 8.37. The van der Waals surface area contributed by atoms with Gasteiger partial charge in [-0.25, -0.2) is 0 Å². The topological polar surface area (TPSA) is 111 Å². The summed E-state index contributed by atoms with van der Waals surface area (Å²) in [4.78, 5) is 0. The third-order valence-electron chi connectivity index (χ3n) is 1.84. The first kappa shape index (κ1) is 21.6. The fourth-order valence-corrected chi connectivity index (χ4v) is 1.15. The molecular weight excluding hydrogens is 272 g/mol. The van der Waals surface area contributed by atoms with Crippen LogP contribution in [-0.2, 0) is 0 Å². The molecule has 21 heavy (non-hydrogen) atoms. The molecule has 0 aliphatic carbocycles. The maximum absolute atomic E-state index is 8.61. The van der Waals surface area contributed by atoms with Crippen molar-refractivity contribution in [3.05, 3.63) is 12.1 Å². The van der Waals surface area contributed by atoms with Gasteiger partial charge in [0, 0.05) is 12.1 Å². The first-order valence-corrected chi connectivity index (χ1v) is 7.26. The maximum Gasteiger partial charge on any atom is 0.144 e. The highest BCUT2D eigenvalue weighted by atomic mass is 16.5. The van der Waals surface area contributed by atoms with Gasteiger partial charge in [-0.3, -0.25) is 0 Å². The molecule has 1 aromatic carbocycles. The minimum absolute atomic E-state index is 0.0951. The first-order chi connectivity index (χ1) is 10.1. The Morgan fingerprint density at radius 3 is 1.38 bits per heavy atom. The number of nitrogens with two attached hydrogens (primary N) is 2. The fourth-order valence-electron chi connectivity index (χ4n) is 1.15. The van der Waals surface area contributed by atoms with Crippen molar-refractivity contribution in [1.82, 2.24) is 0 Å². The Balaban J connectivity index is 0.